The third-order valence-electron chi connectivity index (χ3n) is 4.17. The van der Waals surface area contributed by atoms with Gasteiger partial charge in [-0.2, -0.15) is 0 Å². The molecule has 1 atom stereocenters. The van der Waals surface area contributed by atoms with E-state index in [1.165, 1.54) is 0 Å². The molecule has 0 heterocycles. The summed E-state index contributed by atoms with van der Waals surface area (Å²) >= 11 is 0. The van der Waals surface area contributed by atoms with E-state index in [-0.39, 0.29) is 16.6 Å². The Balaban J connectivity index is 3.67. The number of Topliss-reactive ketones (excluding diaryl/α,β-unsaturated/α-hetero) is 1. The van der Waals surface area contributed by atoms with Crippen molar-refractivity contribution >= 4 is 5.78 Å². The van der Waals surface area contributed by atoms with Crippen LogP contribution in [-0.4, -0.2) is 16.6 Å². The lowest BCUT2D eigenvalue weighted by atomic mass is 9.63. The van der Waals surface area contributed by atoms with E-state index in [0.717, 1.165) is 5.57 Å². The molecule has 1 N–H and O–H groups in total. The molecule has 0 spiro atoms. The molecule has 120 valence electrons. The Morgan fingerprint density at radius 2 is 1.43 bits per heavy atom. The molecule has 3 heteroatoms. The zero-order chi connectivity index (χ0) is 16.9. The summed E-state index contributed by atoms with van der Waals surface area (Å²) < 4.78 is 0. The van der Waals surface area contributed by atoms with Gasteiger partial charge in [0, 0.05) is 11.0 Å². The summed E-state index contributed by atoms with van der Waals surface area (Å²) in [7, 11) is 0. The molecule has 0 fully saturated rings. The monoisotopic (exact) mass is 294 g/mol. The summed E-state index contributed by atoms with van der Waals surface area (Å²) in [6.45, 7) is 18.0. The van der Waals surface area contributed by atoms with Gasteiger partial charge in [0.1, 0.15) is 0 Å². The zero-order valence-electron chi connectivity index (χ0n) is 14.9. The van der Waals surface area contributed by atoms with Gasteiger partial charge in [-0.25, -0.2) is 4.89 Å². The van der Waals surface area contributed by atoms with Crippen LogP contribution in [0.3, 0.4) is 0 Å². The molecule has 0 aromatic carbocycles. The van der Waals surface area contributed by atoms with Gasteiger partial charge in [-0.3, -0.25) is 10.1 Å². The Kier molecular flexibility index (Phi) is 4.37. The summed E-state index contributed by atoms with van der Waals surface area (Å²) in [5.74, 6) is -0.155. The molecular formula is C18H30O3. The molecule has 0 aliphatic heterocycles. The Morgan fingerprint density at radius 1 is 0.952 bits per heavy atom. The third-order valence-corrected chi connectivity index (χ3v) is 4.17. The average molecular weight is 294 g/mol. The number of allylic oxidation sites excluding steroid dienone is 2. The standard InChI is InChI=1S/C18H30O3/c1-15(2,3)12-10-13(16(4,5)6)14(19)18(11-12,21-20)17(7,8)9/h10-11,20H,1-9H3. The molecule has 0 aromatic heterocycles. The Morgan fingerprint density at radius 3 is 1.71 bits per heavy atom. The Labute approximate surface area is 129 Å². The van der Waals surface area contributed by atoms with Crippen LogP contribution in [-0.2, 0) is 9.68 Å². The maximum atomic E-state index is 13.0. The van der Waals surface area contributed by atoms with Crippen molar-refractivity contribution in [2.45, 2.75) is 67.9 Å². The smallest absolute Gasteiger partial charge is 0.199 e. The third kappa shape index (κ3) is 3.14. The summed E-state index contributed by atoms with van der Waals surface area (Å²) in [6, 6.07) is 0. The van der Waals surface area contributed by atoms with Gasteiger partial charge in [-0.1, -0.05) is 68.4 Å². The molecule has 0 saturated carbocycles. The average Bonchev–Trinajstić information content (AvgIpc) is 2.24. The highest BCUT2D eigenvalue weighted by atomic mass is 17.1. The number of carbonyl (C=O) groups excluding carboxylic acids is 1. The maximum absolute atomic E-state index is 13.0. The van der Waals surface area contributed by atoms with Crippen molar-refractivity contribution in [3.05, 3.63) is 23.3 Å². The molecule has 0 saturated heterocycles. The van der Waals surface area contributed by atoms with Gasteiger partial charge in [-0.15, -0.1) is 0 Å². The van der Waals surface area contributed by atoms with Crippen molar-refractivity contribution in [2.24, 2.45) is 16.2 Å². The van der Waals surface area contributed by atoms with Crippen molar-refractivity contribution in [2.75, 3.05) is 0 Å². The maximum Gasteiger partial charge on any atom is 0.199 e. The minimum atomic E-state index is -1.34. The first-order valence-corrected chi connectivity index (χ1v) is 7.50. The van der Waals surface area contributed by atoms with Crippen molar-refractivity contribution in [1.29, 1.82) is 0 Å². The predicted molar refractivity (Wildman–Crippen MR) is 86.0 cm³/mol. The molecule has 1 unspecified atom stereocenters. The Hall–Kier alpha value is -0.930. The first-order chi connectivity index (χ1) is 9.17. The number of rotatable bonds is 1. The topological polar surface area (TPSA) is 46.5 Å². The first kappa shape index (κ1) is 18.1. The minimum Gasteiger partial charge on any atom is -0.291 e. The van der Waals surface area contributed by atoms with Gasteiger partial charge in [0.2, 0.25) is 0 Å². The van der Waals surface area contributed by atoms with Gasteiger partial charge >= 0.3 is 0 Å². The summed E-state index contributed by atoms with van der Waals surface area (Å²) in [6.07, 6.45) is 3.76. The molecule has 1 aliphatic rings. The lowest BCUT2D eigenvalue weighted by Crippen LogP contribution is -2.54. The van der Waals surface area contributed by atoms with Crippen LogP contribution in [0.15, 0.2) is 23.3 Å². The fourth-order valence-corrected chi connectivity index (χ4v) is 2.50. The summed E-state index contributed by atoms with van der Waals surface area (Å²) in [5.41, 5.74) is -0.634. The van der Waals surface area contributed by atoms with Crippen LogP contribution in [0.5, 0.6) is 0 Å². The van der Waals surface area contributed by atoms with E-state index in [9.17, 15) is 10.1 Å². The lowest BCUT2D eigenvalue weighted by molar-refractivity contribution is -0.318. The lowest BCUT2D eigenvalue weighted by Gasteiger charge is -2.44. The molecular weight excluding hydrogens is 264 g/mol. The fraction of sp³-hybridized carbons (Fsp3) is 0.722. The van der Waals surface area contributed by atoms with Crippen molar-refractivity contribution in [3.63, 3.8) is 0 Å². The van der Waals surface area contributed by atoms with E-state index < -0.39 is 11.0 Å². The molecule has 0 amide bonds. The van der Waals surface area contributed by atoms with E-state index in [1.54, 1.807) is 6.08 Å². The normalized spacial score (nSPS) is 24.8. The van der Waals surface area contributed by atoms with Crippen LogP contribution >= 0.6 is 0 Å². The molecule has 0 aromatic rings. The number of carbonyl (C=O) groups is 1. The Bertz CT molecular complexity index is 490. The SMILES string of the molecule is CC(C)(C)C1=CC(OO)(C(C)(C)C)C(=O)C(C(C)(C)C)=C1. The first-order valence-electron chi connectivity index (χ1n) is 7.50. The van der Waals surface area contributed by atoms with Crippen LogP contribution < -0.4 is 0 Å². The highest BCUT2D eigenvalue weighted by Crippen LogP contribution is 2.47. The van der Waals surface area contributed by atoms with E-state index in [1.807, 2.05) is 47.6 Å². The molecule has 0 bridgehead atoms. The van der Waals surface area contributed by atoms with Crippen LogP contribution in [0.2, 0.25) is 0 Å². The highest BCUT2D eigenvalue weighted by Gasteiger charge is 2.53. The number of ketones is 1. The second-order valence-corrected chi connectivity index (χ2v) is 9.06. The van der Waals surface area contributed by atoms with Crippen LogP contribution in [0.4, 0.5) is 0 Å². The second kappa shape index (κ2) is 5.06. The largest absolute Gasteiger partial charge is 0.291 e. The van der Waals surface area contributed by atoms with E-state index >= 15 is 0 Å². The van der Waals surface area contributed by atoms with Crippen LogP contribution in [0, 0.1) is 16.2 Å². The quantitative estimate of drug-likeness (QED) is 0.558. The van der Waals surface area contributed by atoms with Gasteiger partial charge in [0.25, 0.3) is 0 Å². The van der Waals surface area contributed by atoms with Crippen LogP contribution in [0.25, 0.3) is 0 Å². The molecule has 0 radical (unpaired) electrons. The van der Waals surface area contributed by atoms with Gasteiger partial charge in [0.15, 0.2) is 11.4 Å². The van der Waals surface area contributed by atoms with Crippen molar-refractivity contribution in [1.82, 2.24) is 0 Å². The predicted octanol–water partition coefficient (Wildman–Crippen LogP) is 4.79. The van der Waals surface area contributed by atoms with Crippen molar-refractivity contribution < 1.29 is 14.9 Å². The fourth-order valence-electron chi connectivity index (χ4n) is 2.50. The van der Waals surface area contributed by atoms with Gasteiger partial charge < -0.3 is 0 Å². The van der Waals surface area contributed by atoms with Crippen molar-refractivity contribution in [3.8, 4) is 0 Å². The second-order valence-electron chi connectivity index (χ2n) is 9.06. The minimum absolute atomic E-state index is 0.133. The zero-order valence-corrected chi connectivity index (χ0v) is 14.9. The van der Waals surface area contributed by atoms with E-state index in [2.05, 4.69) is 20.8 Å². The molecule has 1 rings (SSSR count). The van der Waals surface area contributed by atoms with Crippen LogP contribution in [0.1, 0.15) is 62.3 Å². The molecule has 3 nitrogen and oxygen atoms in total. The number of hydrogen-bond acceptors (Lipinski definition) is 3. The molecule has 21 heavy (non-hydrogen) atoms. The van der Waals surface area contributed by atoms with Gasteiger partial charge in [-0.05, 0) is 22.5 Å². The van der Waals surface area contributed by atoms with E-state index in [0.29, 0.717) is 5.57 Å². The summed E-state index contributed by atoms with van der Waals surface area (Å²) in [4.78, 5) is 17.9. The highest BCUT2D eigenvalue weighted by molar-refractivity contribution is 6.06. The van der Waals surface area contributed by atoms with E-state index in [4.69, 9.17) is 4.89 Å². The summed E-state index contributed by atoms with van der Waals surface area (Å²) in [5, 5.41) is 9.62. The van der Waals surface area contributed by atoms with Gasteiger partial charge in [0.05, 0.1) is 0 Å². The molecule has 1 aliphatic carbocycles. The number of hydrogen-bond donors (Lipinski definition) is 1.